The molecule has 0 saturated carbocycles. The summed E-state index contributed by atoms with van der Waals surface area (Å²) in [6.45, 7) is 5.11. The van der Waals surface area contributed by atoms with Crippen LogP contribution in [0.25, 0.3) is 0 Å². The van der Waals surface area contributed by atoms with Crippen molar-refractivity contribution in [2.45, 2.75) is 63.4 Å². The second-order valence-corrected chi connectivity index (χ2v) is 9.31. The molecule has 1 heterocycles. The molecule has 3 aromatic rings. The number of unbranched alkanes of at least 4 members (excludes halogenated alkanes) is 1. The van der Waals surface area contributed by atoms with Crippen LogP contribution in [0.4, 0.5) is 0 Å². The zero-order chi connectivity index (χ0) is 26.4. The van der Waals surface area contributed by atoms with Gasteiger partial charge in [-0.15, -0.1) is 6.58 Å². The third-order valence-corrected chi connectivity index (χ3v) is 6.46. The van der Waals surface area contributed by atoms with Crippen LogP contribution in [0, 0.1) is 0 Å². The van der Waals surface area contributed by atoms with Gasteiger partial charge in [-0.3, -0.25) is 0 Å². The standard InChI is InChI=1S/C32H38O6/c1-2-3-13-20-34-32-31(37-24-27-18-11-6-12-19-27)30(36-23-26-16-9-5-10-17-26)29(28(21-33)38-32)35-22-25-14-7-4-8-15-25/h2,4-12,14-19,28-33H,1,3,13,20-24H2/t28-,29+,30+,31-,32-/m1/s1. The van der Waals surface area contributed by atoms with E-state index in [0.717, 1.165) is 29.5 Å². The van der Waals surface area contributed by atoms with Crippen LogP contribution in [0.5, 0.6) is 0 Å². The summed E-state index contributed by atoms with van der Waals surface area (Å²) in [6.07, 6.45) is 0.453. The normalized spacial score (nSPS) is 23.2. The van der Waals surface area contributed by atoms with E-state index in [1.807, 2.05) is 97.1 Å². The lowest BCUT2D eigenvalue weighted by atomic mass is 9.98. The quantitative estimate of drug-likeness (QED) is 0.213. The summed E-state index contributed by atoms with van der Waals surface area (Å²) in [7, 11) is 0. The average molecular weight is 519 g/mol. The van der Waals surface area contributed by atoms with Gasteiger partial charge in [0, 0.05) is 0 Å². The summed E-state index contributed by atoms with van der Waals surface area (Å²) >= 11 is 0. The van der Waals surface area contributed by atoms with E-state index in [1.54, 1.807) is 0 Å². The Bertz CT molecular complexity index is 1050. The van der Waals surface area contributed by atoms with Crippen molar-refractivity contribution in [3.05, 3.63) is 120 Å². The smallest absolute Gasteiger partial charge is 0.186 e. The number of hydrogen-bond acceptors (Lipinski definition) is 6. The average Bonchev–Trinajstić information content (AvgIpc) is 2.98. The van der Waals surface area contributed by atoms with Crippen LogP contribution in [0.2, 0.25) is 0 Å². The van der Waals surface area contributed by atoms with E-state index in [-0.39, 0.29) is 6.61 Å². The molecule has 1 N–H and O–H groups in total. The molecule has 6 heteroatoms. The van der Waals surface area contributed by atoms with Crippen LogP contribution in [0.15, 0.2) is 104 Å². The van der Waals surface area contributed by atoms with Gasteiger partial charge in [0.25, 0.3) is 0 Å². The highest BCUT2D eigenvalue weighted by Gasteiger charge is 2.48. The molecule has 1 aliphatic rings. The minimum absolute atomic E-state index is 0.234. The summed E-state index contributed by atoms with van der Waals surface area (Å²) in [4.78, 5) is 0. The van der Waals surface area contributed by atoms with Crippen molar-refractivity contribution in [2.24, 2.45) is 0 Å². The van der Waals surface area contributed by atoms with E-state index in [4.69, 9.17) is 23.7 Å². The van der Waals surface area contributed by atoms with Crippen LogP contribution in [0.1, 0.15) is 29.5 Å². The fraction of sp³-hybridized carbons (Fsp3) is 0.375. The van der Waals surface area contributed by atoms with E-state index < -0.39 is 30.7 Å². The molecule has 0 aliphatic carbocycles. The van der Waals surface area contributed by atoms with Gasteiger partial charge < -0.3 is 28.8 Å². The lowest BCUT2D eigenvalue weighted by molar-refractivity contribution is -0.326. The highest BCUT2D eigenvalue weighted by atomic mass is 16.7. The Morgan fingerprint density at radius 3 is 1.61 bits per heavy atom. The lowest BCUT2D eigenvalue weighted by Crippen LogP contribution is -2.61. The maximum absolute atomic E-state index is 10.3. The number of rotatable bonds is 15. The molecule has 0 spiro atoms. The van der Waals surface area contributed by atoms with Crippen LogP contribution in [-0.2, 0) is 43.5 Å². The third-order valence-electron chi connectivity index (χ3n) is 6.46. The molecule has 4 rings (SSSR count). The summed E-state index contributed by atoms with van der Waals surface area (Å²) in [5, 5.41) is 10.3. The Kier molecular flexibility index (Phi) is 11.5. The summed E-state index contributed by atoms with van der Waals surface area (Å²) in [6, 6.07) is 29.9. The van der Waals surface area contributed by atoms with Crippen molar-refractivity contribution in [1.29, 1.82) is 0 Å². The molecule has 6 nitrogen and oxygen atoms in total. The third kappa shape index (κ3) is 8.33. The van der Waals surface area contributed by atoms with Crippen LogP contribution < -0.4 is 0 Å². The number of benzene rings is 3. The Morgan fingerprint density at radius 1 is 0.658 bits per heavy atom. The molecule has 0 bridgehead atoms. The topological polar surface area (TPSA) is 66.4 Å². The Hall–Kier alpha value is -2.84. The van der Waals surface area contributed by atoms with Crippen molar-refractivity contribution in [3.8, 4) is 0 Å². The van der Waals surface area contributed by atoms with Gasteiger partial charge in [-0.05, 0) is 29.5 Å². The minimum Gasteiger partial charge on any atom is -0.394 e. The molecule has 1 aliphatic heterocycles. The zero-order valence-corrected chi connectivity index (χ0v) is 21.8. The molecule has 0 aromatic heterocycles. The van der Waals surface area contributed by atoms with Crippen LogP contribution in [0.3, 0.4) is 0 Å². The molecule has 0 unspecified atom stereocenters. The minimum atomic E-state index is -0.724. The first-order valence-corrected chi connectivity index (χ1v) is 13.2. The van der Waals surface area contributed by atoms with Crippen molar-refractivity contribution < 1.29 is 28.8 Å². The molecular weight excluding hydrogens is 480 g/mol. The molecule has 1 fully saturated rings. The predicted octanol–water partition coefficient (Wildman–Crippen LogP) is 5.44. The van der Waals surface area contributed by atoms with Crippen molar-refractivity contribution in [1.82, 2.24) is 0 Å². The van der Waals surface area contributed by atoms with E-state index in [2.05, 4.69) is 6.58 Å². The number of aliphatic hydroxyl groups is 1. The van der Waals surface area contributed by atoms with Crippen LogP contribution in [-0.4, -0.2) is 49.0 Å². The molecule has 1 saturated heterocycles. The van der Waals surface area contributed by atoms with E-state index in [9.17, 15) is 5.11 Å². The Labute approximate surface area is 225 Å². The fourth-order valence-corrected chi connectivity index (χ4v) is 4.45. The fourth-order valence-electron chi connectivity index (χ4n) is 4.45. The van der Waals surface area contributed by atoms with Gasteiger partial charge in [0.15, 0.2) is 6.29 Å². The van der Waals surface area contributed by atoms with Gasteiger partial charge in [0.2, 0.25) is 0 Å². The van der Waals surface area contributed by atoms with Gasteiger partial charge in [0.05, 0.1) is 33.0 Å². The van der Waals surface area contributed by atoms with E-state index >= 15 is 0 Å². The number of aliphatic hydroxyl groups excluding tert-OH is 1. The first kappa shape index (κ1) is 28.2. The molecule has 0 amide bonds. The first-order valence-electron chi connectivity index (χ1n) is 13.2. The molecule has 3 aromatic carbocycles. The lowest BCUT2D eigenvalue weighted by Gasteiger charge is -2.45. The number of ether oxygens (including phenoxy) is 5. The molecule has 5 atom stereocenters. The second kappa shape index (κ2) is 15.5. The van der Waals surface area contributed by atoms with Gasteiger partial charge in [-0.2, -0.15) is 0 Å². The van der Waals surface area contributed by atoms with Crippen LogP contribution >= 0.6 is 0 Å². The predicted molar refractivity (Wildman–Crippen MR) is 146 cm³/mol. The Balaban J connectivity index is 1.58. The molecular formula is C32H38O6. The van der Waals surface area contributed by atoms with Gasteiger partial charge in [-0.1, -0.05) is 97.1 Å². The van der Waals surface area contributed by atoms with E-state index in [1.165, 1.54) is 0 Å². The molecule has 0 radical (unpaired) electrons. The van der Waals surface area contributed by atoms with Gasteiger partial charge >= 0.3 is 0 Å². The second-order valence-electron chi connectivity index (χ2n) is 9.31. The maximum Gasteiger partial charge on any atom is 0.186 e. The first-order chi connectivity index (χ1) is 18.8. The number of allylic oxidation sites excluding steroid dienone is 1. The van der Waals surface area contributed by atoms with E-state index in [0.29, 0.717) is 26.4 Å². The van der Waals surface area contributed by atoms with Crippen molar-refractivity contribution in [3.63, 3.8) is 0 Å². The highest BCUT2D eigenvalue weighted by molar-refractivity contribution is 5.15. The van der Waals surface area contributed by atoms with Gasteiger partial charge in [-0.25, -0.2) is 0 Å². The summed E-state index contributed by atoms with van der Waals surface area (Å²) < 4.78 is 31.8. The zero-order valence-electron chi connectivity index (χ0n) is 21.8. The largest absolute Gasteiger partial charge is 0.394 e. The van der Waals surface area contributed by atoms with Crippen molar-refractivity contribution >= 4 is 0 Å². The summed E-state index contributed by atoms with van der Waals surface area (Å²) in [5.74, 6) is 0. The molecule has 38 heavy (non-hydrogen) atoms. The molecule has 202 valence electrons. The summed E-state index contributed by atoms with van der Waals surface area (Å²) in [5.41, 5.74) is 3.09. The maximum atomic E-state index is 10.3. The number of hydrogen-bond donors (Lipinski definition) is 1. The SMILES string of the molecule is C=CCCCO[C@@H]1O[C@H](CO)[C@H](OCc2ccccc2)[C@H](OCc2ccccc2)[C@H]1OCc1ccccc1. The van der Waals surface area contributed by atoms with Crippen molar-refractivity contribution in [2.75, 3.05) is 13.2 Å². The monoisotopic (exact) mass is 518 g/mol. The van der Waals surface area contributed by atoms with Gasteiger partial charge in [0.1, 0.15) is 24.4 Å². The Morgan fingerprint density at radius 2 is 1.13 bits per heavy atom. The highest BCUT2D eigenvalue weighted by Crippen LogP contribution is 2.31.